The van der Waals surface area contributed by atoms with Crippen molar-refractivity contribution in [2.45, 2.75) is 77.7 Å². The van der Waals surface area contributed by atoms with Crippen LogP contribution >= 0.6 is 0 Å². The zero-order chi connectivity index (χ0) is 20.2. The van der Waals surface area contributed by atoms with Gasteiger partial charge in [0.25, 0.3) is 0 Å². The SMILES string of the molecule is CC(C)(C)NC(=O)[C@@H]1C[C@H](Oc2ccccn2)CCN1C(=O)OC(C)(C)C. The van der Waals surface area contributed by atoms with Crippen molar-refractivity contribution in [3.8, 4) is 5.88 Å². The number of amides is 2. The first-order chi connectivity index (χ1) is 12.4. The van der Waals surface area contributed by atoms with E-state index in [1.807, 2.05) is 53.7 Å². The van der Waals surface area contributed by atoms with Gasteiger partial charge in [0.1, 0.15) is 17.7 Å². The van der Waals surface area contributed by atoms with E-state index in [4.69, 9.17) is 9.47 Å². The van der Waals surface area contributed by atoms with Gasteiger partial charge in [-0.3, -0.25) is 9.69 Å². The Kier molecular flexibility index (Phi) is 6.34. The predicted molar refractivity (Wildman–Crippen MR) is 103 cm³/mol. The lowest BCUT2D eigenvalue weighted by Gasteiger charge is -2.39. The van der Waals surface area contributed by atoms with E-state index in [2.05, 4.69) is 10.3 Å². The molecule has 27 heavy (non-hydrogen) atoms. The number of carbonyl (C=O) groups is 2. The first-order valence-electron chi connectivity index (χ1n) is 9.34. The van der Waals surface area contributed by atoms with Crippen LogP contribution in [0.2, 0.25) is 0 Å². The van der Waals surface area contributed by atoms with Crippen LogP contribution in [0.3, 0.4) is 0 Å². The molecule has 7 heteroatoms. The fourth-order valence-corrected chi connectivity index (χ4v) is 2.87. The highest BCUT2D eigenvalue weighted by molar-refractivity contribution is 5.86. The second-order valence-electron chi connectivity index (χ2n) is 8.86. The van der Waals surface area contributed by atoms with Gasteiger partial charge < -0.3 is 14.8 Å². The molecular formula is C20H31N3O4. The van der Waals surface area contributed by atoms with E-state index in [9.17, 15) is 9.59 Å². The summed E-state index contributed by atoms with van der Waals surface area (Å²) in [7, 11) is 0. The van der Waals surface area contributed by atoms with Gasteiger partial charge in [-0.25, -0.2) is 9.78 Å². The number of ether oxygens (including phenoxy) is 2. The summed E-state index contributed by atoms with van der Waals surface area (Å²) in [6, 6.07) is 4.80. The van der Waals surface area contributed by atoms with E-state index in [0.717, 1.165) is 0 Å². The fraction of sp³-hybridized carbons (Fsp3) is 0.650. The lowest BCUT2D eigenvalue weighted by atomic mass is 9.97. The second-order valence-corrected chi connectivity index (χ2v) is 8.86. The van der Waals surface area contributed by atoms with Crippen LogP contribution in [0.1, 0.15) is 54.4 Å². The third kappa shape index (κ3) is 6.73. The maximum atomic E-state index is 12.9. The number of likely N-dealkylation sites (tertiary alicyclic amines) is 1. The highest BCUT2D eigenvalue weighted by Crippen LogP contribution is 2.24. The third-order valence-corrected chi connectivity index (χ3v) is 3.91. The number of pyridine rings is 1. The lowest BCUT2D eigenvalue weighted by Crippen LogP contribution is -2.58. The third-order valence-electron chi connectivity index (χ3n) is 3.91. The quantitative estimate of drug-likeness (QED) is 0.875. The van der Waals surface area contributed by atoms with Crippen molar-refractivity contribution < 1.29 is 19.1 Å². The number of piperidine rings is 1. The Morgan fingerprint density at radius 3 is 2.44 bits per heavy atom. The Balaban J connectivity index is 2.14. The van der Waals surface area contributed by atoms with Crippen molar-refractivity contribution in [3.05, 3.63) is 24.4 Å². The summed E-state index contributed by atoms with van der Waals surface area (Å²) >= 11 is 0. The predicted octanol–water partition coefficient (Wildman–Crippen LogP) is 3.14. The number of nitrogens with zero attached hydrogens (tertiary/aromatic N) is 2. The van der Waals surface area contributed by atoms with Crippen LogP contribution in [0.25, 0.3) is 0 Å². The van der Waals surface area contributed by atoms with E-state index in [1.165, 1.54) is 4.90 Å². The molecule has 2 atom stereocenters. The van der Waals surface area contributed by atoms with Crippen molar-refractivity contribution in [2.24, 2.45) is 0 Å². The van der Waals surface area contributed by atoms with Gasteiger partial charge in [-0.05, 0) is 47.6 Å². The molecule has 0 aromatic carbocycles. The van der Waals surface area contributed by atoms with Gasteiger partial charge in [0.15, 0.2) is 0 Å². The minimum absolute atomic E-state index is 0.200. The molecule has 2 amide bonds. The smallest absolute Gasteiger partial charge is 0.410 e. The molecule has 1 saturated heterocycles. The van der Waals surface area contributed by atoms with Gasteiger partial charge in [0.2, 0.25) is 11.8 Å². The second kappa shape index (κ2) is 8.15. The summed E-state index contributed by atoms with van der Waals surface area (Å²) in [6.45, 7) is 11.5. The summed E-state index contributed by atoms with van der Waals surface area (Å²) in [4.78, 5) is 31.2. The molecular weight excluding hydrogens is 346 g/mol. The van der Waals surface area contributed by atoms with E-state index in [0.29, 0.717) is 25.3 Å². The van der Waals surface area contributed by atoms with Crippen LogP contribution in [0.5, 0.6) is 5.88 Å². The molecule has 0 radical (unpaired) electrons. The monoisotopic (exact) mass is 377 g/mol. The normalized spacial score (nSPS) is 20.7. The highest BCUT2D eigenvalue weighted by Gasteiger charge is 2.40. The number of rotatable bonds is 3. The van der Waals surface area contributed by atoms with Gasteiger partial charge in [-0.1, -0.05) is 6.07 Å². The van der Waals surface area contributed by atoms with Gasteiger partial charge in [-0.15, -0.1) is 0 Å². The van der Waals surface area contributed by atoms with Crippen LogP contribution in [0.4, 0.5) is 4.79 Å². The zero-order valence-corrected chi connectivity index (χ0v) is 17.1. The Bertz CT molecular complexity index is 649. The number of aromatic nitrogens is 1. The number of hydrogen-bond acceptors (Lipinski definition) is 5. The molecule has 1 aromatic rings. The topological polar surface area (TPSA) is 80.8 Å². The molecule has 1 aromatic heterocycles. The molecule has 150 valence electrons. The van der Waals surface area contributed by atoms with Crippen molar-refractivity contribution in [1.29, 1.82) is 0 Å². The number of nitrogens with one attached hydrogen (secondary N) is 1. The number of carbonyl (C=O) groups excluding carboxylic acids is 2. The summed E-state index contributed by atoms with van der Waals surface area (Å²) in [5.74, 6) is 0.311. The van der Waals surface area contributed by atoms with Crippen LogP contribution < -0.4 is 10.1 Å². The molecule has 1 aliphatic heterocycles. The van der Waals surface area contributed by atoms with Crippen LogP contribution in [-0.2, 0) is 9.53 Å². The van der Waals surface area contributed by atoms with E-state index in [1.54, 1.807) is 12.3 Å². The van der Waals surface area contributed by atoms with Crippen LogP contribution in [0.15, 0.2) is 24.4 Å². The molecule has 0 saturated carbocycles. The van der Waals surface area contributed by atoms with Crippen molar-refractivity contribution in [3.63, 3.8) is 0 Å². The Morgan fingerprint density at radius 1 is 1.19 bits per heavy atom. The fourth-order valence-electron chi connectivity index (χ4n) is 2.87. The molecule has 7 nitrogen and oxygen atoms in total. The highest BCUT2D eigenvalue weighted by atomic mass is 16.6. The molecule has 1 fully saturated rings. The van der Waals surface area contributed by atoms with Gasteiger partial charge >= 0.3 is 6.09 Å². The Morgan fingerprint density at radius 2 is 1.89 bits per heavy atom. The Hall–Kier alpha value is -2.31. The van der Waals surface area contributed by atoms with Crippen molar-refractivity contribution in [1.82, 2.24) is 15.2 Å². The molecule has 0 spiro atoms. The minimum atomic E-state index is -0.651. The maximum Gasteiger partial charge on any atom is 0.410 e. The maximum absolute atomic E-state index is 12.9. The standard InChI is InChI=1S/C20H31N3O4/c1-19(2,3)22-17(24)15-13-14(26-16-9-7-8-11-21-16)10-12-23(15)18(25)27-20(4,5)6/h7-9,11,14-15H,10,12-13H2,1-6H3,(H,22,24)/t14-,15+/m1/s1. The van der Waals surface area contributed by atoms with Gasteiger partial charge in [-0.2, -0.15) is 0 Å². The van der Waals surface area contributed by atoms with Crippen LogP contribution in [-0.4, -0.2) is 51.7 Å². The van der Waals surface area contributed by atoms with Gasteiger partial charge in [0.05, 0.1) is 0 Å². The summed E-state index contributed by atoms with van der Waals surface area (Å²) < 4.78 is 11.4. The molecule has 1 aliphatic rings. The molecule has 0 bridgehead atoms. The molecule has 2 heterocycles. The largest absolute Gasteiger partial charge is 0.474 e. The van der Waals surface area contributed by atoms with E-state index >= 15 is 0 Å². The Labute approximate surface area is 161 Å². The molecule has 2 rings (SSSR count). The summed E-state index contributed by atoms with van der Waals surface area (Å²) in [5.41, 5.74) is -1.02. The van der Waals surface area contributed by atoms with E-state index in [-0.39, 0.29) is 12.0 Å². The minimum Gasteiger partial charge on any atom is -0.474 e. The molecule has 1 N–H and O–H groups in total. The summed E-state index contributed by atoms with van der Waals surface area (Å²) in [5, 5.41) is 2.96. The number of hydrogen-bond donors (Lipinski definition) is 1. The summed E-state index contributed by atoms with van der Waals surface area (Å²) in [6.07, 6.45) is 1.98. The first-order valence-corrected chi connectivity index (χ1v) is 9.34. The van der Waals surface area contributed by atoms with Gasteiger partial charge in [0, 0.05) is 37.2 Å². The first kappa shape index (κ1) is 21.0. The molecule has 0 unspecified atom stereocenters. The lowest BCUT2D eigenvalue weighted by molar-refractivity contribution is -0.130. The zero-order valence-electron chi connectivity index (χ0n) is 17.1. The van der Waals surface area contributed by atoms with Crippen molar-refractivity contribution >= 4 is 12.0 Å². The molecule has 0 aliphatic carbocycles. The average Bonchev–Trinajstić information content (AvgIpc) is 2.52. The average molecular weight is 377 g/mol. The van der Waals surface area contributed by atoms with E-state index < -0.39 is 23.3 Å². The van der Waals surface area contributed by atoms with Crippen molar-refractivity contribution in [2.75, 3.05) is 6.54 Å². The van der Waals surface area contributed by atoms with Crippen LogP contribution in [0, 0.1) is 0 Å².